The quantitative estimate of drug-likeness (QED) is 0.506. The van der Waals surface area contributed by atoms with Gasteiger partial charge >= 0.3 is 0 Å². The van der Waals surface area contributed by atoms with E-state index in [0.29, 0.717) is 12.2 Å². The lowest BCUT2D eigenvalue weighted by molar-refractivity contribution is 0.627. The van der Waals surface area contributed by atoms with Crippen LogP contribution in [0.1, 0.15) is 34.0 Å². The van der Waals surface area contributed by atoms with Crippen molar-refractivity contribution in [2.45, 2.75) is 20.3 Å². The van der Waals surface area contributed by atoms with E-state index in [1.165, 1.54) is 12.1 Å². The van der Waals surface area contributed by atoms with Gasteiger partial charge in [0.2, 0.25) is 0 Å². The summed E-state index contributed by atoms with van der Waals surface area (Å²) in [5, 5.41) is 4.46. The summed E-state index contributed by atoms with van der Waals surface area (Å²) in [7, 11) is 1.87. The van der Waals surface area contributed by atoms with E-state index < -0.39 is 0 Å². The van der Waals surface area contributed by atoms with Crippen LogP contribution in [0, 0.1) is 19.7 Å². The van der Waals surface area contributed by atoms with Gasteiger partial charge in [-0.05, 0) is 60.9 Å². The smallest absolute Gasteiger partial charge is 0.174 e. The van der Waals surface area contributed by atoms with Crippen LogP contribution in [0.25, 0.3) is 17.8 Å². The normalized spacial score (nSPS) is 11.4. The van der Waals surface area contributed by atoms with E-state index >= 15 is 0 Å². The molecule has 0 radical (unpaired) electrons. The van der Waals surface area contributed by atoms with Crippen LogP contribution < -0.4 is 0 Å². The molecule has 29 heavy (non-hydrogen) atoms. The lowest BCUT2D eigenvalue weighted by Crippen LogP contribution is -2.00. The maximum atomic E-state index is 13.1. The zero-order valence-corrected chi connectivity index (χ0v) is 16.7. The third-order valence-electron chi connectivity index (χ3n) is 4.78. The molecule has 0 aliphatic heterocycles. The molecule has 2 heterocycles. The SMILES string of the molecule is Cc1cn(-c2ccc(/C=C/c3nc(Cc4ccc(F)cc4)n(C)n3)cc2C)cn1. The van der Waals surface area contributed by atoms with Gasteiger partial charge < -0.3 is 4.57 Å². The standard InChI is InChI=1S/C23H22FN5/c1-16-12-18(6-10-21(16)29-14-17(2)25-15-29)7-11-22-26-23(28(3)27-22)13-19-4-8-20(24)9-5-19/h4-12,14-15H,13H2,1-3H3/b11-7+. The molecule has 0 spiro atoms. The molecule has 0 aliphatic rings. The summed E-state index contributed by atoms with van der Waals surface area (Å²) in [5.74, 6) is 1.25. The highest BCUT2D eigenvalue weighted by Crippen LogP contribution is 2.18. The molecule has 0 amide bonds. The van der Waals surface area contributed by atoms with Crippen LogP contribution in [0.5, 0.6) is 0 Å². The number of benzene rings is 2. The van der Waals surface area contributed by atoms with E-state index in [1.54, 1.807) is 16.8 Å². The first-order valence-corrected chi connectivity index (χ1v) is 9.42. The van der Waals surface area contributed by atoms with Gasteiger partial charge in [0.05, 0.1) is 12.0 Å². The number of halogens is 1. The minimum absolute atomic E-state index is 0.236. The summed E-state index contributed by atoms with van der Waals surface area (Å²) in [4.78, 5) is 8.88. The first-order valence-electron chi connectivity index (χ1n) is 9.42. The molecule has 0 aliphatic carbocycles. The van der Waals surface area contributed by atoms with Gasteiger partial charge in [-0.25, -0.2) is 14.4 Å². The Bertz CT molecular complexity index is 1170. The number of rotatable bonds is 5. The van der Waals surface area contributed by atoms with E-state index in [4.69, 9.17) is 0 Å². The lowest BCUT2D eigenvalue weighted by Gasteiger charge is -2.07. The van der Waals surface area contributed by atoms with Crippen molar-refractivity contribution in [2.75, 3.05) is 0 Å². The number of hydrogen-bond acceptors (Lipinski definition) is 3. The molecule has 4 aromatic rings. The largest absolute Gasteiger partial charge is 0.306 e. The monoisotopic (exact) mass is 387 g/mol. The molecule has 0 fully saturated rings. The number of imidazole rings is 1. The number of nitrogens with zero attached hydrogens (tertiary/aromatic N) is 5. The molecule has 5 nitrogen and oxygen atoms in total. The molecule has 0 saturated heterocycles. The van der Waals surface area contributed by atoms with Crippen LogP contribution in [0.4, 0.5) is 4.39 Å². The molecular formula is C23H22FN5. The van der Waals surface area contributed by atoms with Crippen LogP contribution in [0.15, 0.2) is 55.0 Å². The first-order chi connectivity index (χ1) is 14.0. The second kappa shape index (κ2) is 7.83. The second-order valence-electron chi connectivity index (χ2n) is 7.11. The highest BCUT2D eigenvalue weighted by molar-refractivity contribution is 5.68. The van der Waals surface area contributed by atoms with Crippen molar-refractivity contribution in [1.29, 1.82) is 0 Å². The first kappa shape index (κ1) is 18.8. The zero-order valence-electron chi connectivity index (χ0n) is 16.7. The molecule has 146 valence electrons. The summed E-state index contributed by atoms with van der Waals surface area (Å²) < 4.78 is 16.9. The molecule has 2 aromatic carbocycles. The van der Waals surface area contributed by atoms with Gasteiger partial charge in [0.15, 0.2) is 5.82 Å². The third kappa shape index (κ3) is 4.32. The summed E-state index contributed by atoms with van der Waals surface area (Å²) in [5.41, 5.74) is 5.34. The molecule has 2 aromatic heterocycles. The Labute approximate surface area is 169 Å². The Morgan fingerprint density at radius 1 is 1.03 bits per heavy atom. The average molecular weight is 387 g/mol. The summed E-state index contributed by atoms with van der Waals surface area (Å²) in [6.07, 6.45) is 8.36. The molecule has 6 heteroatoms. The highest BCUT2D eigenvalue weighted by atomic mass is 19.1. The summed E-state index contributed by atoms with van der Waals surface area (Å²) in [6, 6.07) is 12.7. The van der Waals surface area contributed by atoms with Crippen molar-refractivity contribution < 1.29 is 4.39 Å². The predicted molar refractivity (Wildman–Crippen MR) is 112 cm³/mol. The Morgan fingerprint density at radius 3 is 2.52 bits per heavy atom. The second-order valence-corrected chi connectivity index (χ2v) is 7.11. The Hall–Kier alpha value is -3.54. The van der Waals surface area contributed by atoms with E-state index in [0.717, 1.165) is 33.9 Å². The van der Waals surface area contributed by atoms with Crippen molar-refractivity contribution in [1.82, 2.24) is 24.3 Å². The van der Waals surface area contributed by atoms with Crippen LogP contribution in [-0.2, 0) is 13.5 Å². The molecule has 0 bridgehead atoms. The zero-order chi connectivity index (χ0) is 20.4. The van der Waals surface area contributed by atoms with Crippen LogP contribution in [0.3, 0.4) is 0 Å². The van der Waals surface area contributed by atoms with Gasteiger partial charge in [0.25, 0.3) is 0 Å². The molecular weight excluding hydrogens is 365 g/mol. The topological polar surface area (TPSA) is 48.5 Å². The van der Waals surface area contributed by atoms with Gasteiger partial charge in [0, 0.05) is 25.4 Å². The molecule has 0 N–H and O–H groups in total. The van der Waals surface area contributed by atoms with Gasteiger partial charge in [0.1, 0.15) is 11.6 Å². The molecule has 0 atom stereocenters. The van der Waals surface area contributed by atoms with E-state index in [9.17, 15) is 4.39 Å². The fourth-order valence-electron chi connectivity index (χ4n) is 3.24. The van der Waals surface area contributed by atoms with Crippen LogP contribution >= 0.6 is 0 Å². The Morgan fingerprint density at radius 2 is 1.83 bits per heavy atom. The van der Waals surface area contributed by atoms with Gasteiger partial charge in [-0.2, -0.15) is 5.10 Å². The molecule has 4 rings (SSSR count). The predicted octanol–water partition coefficient (Wildman–Crippen LogP) is 4.52. The minimum Gasteiger partial charge on any atom is -0.306 e. The van der Waals surface area contributed by atoms with E-state index in [2.05, 4.69) is 40.2 Å². The maximum Gasteiger partial charge on any atom is 0.174 e. The fourth-order valence-corrected chi connectivity index (χ4v) is 3.24. The van der Waals surface area contributed by atoms with Crippen LogP contribution in [-0.4, -0.2) is 24.3 Å². The van der Waals surface area contributed by atoms with Crippen molar-refractivity contribution in [3.63, 3.8) is 0 Å². The van der Waals surface area contributed by atoms with E-state index in [-0.39, 0.29) is 5.82 Å². The van der Waals surface area contributed by atoms with Gasteiger partial charge in [-0.3, -0.25) is 4.68 Å². The Balaban J connectivity index is 1.50. The molecule has 0 unspecified atom stereocenters. The van der Waals surface area contributed by atoms with E-state index in [1.807, 2.05) is 43.2 Å². The summed E-state index contributed by atoms with van der Waals surface area (Å²) >= 11 is 0. The van der Waals surface area contributed by atoms with Crippen molar-refractivity contribution >= 4 is 12.2 Å². The van der Waals surface area contributed by atoms with Gasteiger partial charge in [-0.1, -0.05) is 24.3 Å². The fraction of sp³-hybridized carbons (Fsp3) is 0.174. The highest BCUT2D eigenvalue weighted by Gasteiger charge is 2.07. The lowest BCUT2D eigenvalue weighted by atomic mass is 10.1. The number of aromatic nitrogens is 5. The van der Waals surface area contributed by atoms with Crippen LogP contribution in [0.2, 0.25) is 0 Å². The summed E-state index contributed by atoms with van der Waals surface area (Å²) in [6.45, 7) is 4.06. The molecule has 0 saturated carbocycles. The Kier molecular flexibility index (Phi) is 5.08. The third-order valence-corrected chi connectivity index (χ3v) is 4.78. The number of hydrogen-bond donors (Lipinski definition) is 0. The average Bonchev–Trinajstić information content (AvgIpc) is 3.27. The van der Waals surface area contributed by atoms with Crippen molar-refractivity contribution in [3.05, 3.63) is 94.8 Å². The minimum atomic E-state index is -0.236. The van der Waals surface area contributed by atoms with Crippen molar-refractivity contribution in [3.8, 4) is 5.69 Å². The maximum absolute atomic E-state index is 13.1. The van der Waals surface area contributed by atoms with Crippen molar-refractivity contribution in [2.24, 2.45) is 7.05 Å². The number of aryl methyl sites for hydroxylation is 3. The van der Waals surface area contributed by atoms with Gasteiger partial charge in [-0.15, -0.1) is 0 Å².